The molecule has 1 fully saturated rings. The highest BCUT2D eigenvalue weighted by Crippen LogP contribution is 2.17. The van der Waals surface area contributed by atoms with E-state index in [1.54, 1.807) is 24.4 Å². The molecular formula is C18H20ClFN4O. The molecule has 0 saturated carbocycles. The van der Waals surface area contributed by atoms with Gasteiger partial charge in [0.1, 0.15) is 5.82 Å². The lowest BCUT2D eigenvalue weighted by atomic mass is 10.2. The van der Waals surface area contributed by atoms with Crippen molar-refractivity contribution in [1.29, 1.82) is 0 Å². The molecule has 1 aromatic carbocycles. The summed E-state index contributed by atoms with van der Waals surface area (Å²) in [6, 6.07) is 10.3. The van der Waals surface area contributed by atoms with Gasteiger partial charge in [-0.25, -0.2) is 9.37 Å². The zero-order valence-corrected chi connectivity index (χ0v) is 14.5. The zero-order valence-electron chi connectivity index (χ0n) is 13.8. The minimum atomic E-state index is -0.169. The van der Waals surface area contributed by atoms with Crippen LogP contribution >= 0.6 is 11.6 Å². The maximum Gasteiger partial charge on any atom is 0.238 e. The van der Waals surface area contributed by atoms with E-state index in [0.29, 0.717) is 24.3 Å². The Morgan fingerprint density at radius 1 is 1.12 bits per heavy atom. The number of aromatic nitrogens is 1. The average molecular weight is 363 g/mol. The number of carbonyl (C=O) groups excluding carboxylic acids is 1. The van der Waals surface area contributed by atoms with Crippen LogP contribution in [-0.2, 0) is 11.3 Å². The van der Waals surface area contributed by atoms with E-state index in [1.165, 1.54) is 6.07 Å². The van der Waals surface area contributed by atoms with Gasteiger partial charge in [0.2, 0.25) is 5.91 Å². The van der Waals surface area contributed by atoms with Crippen molar-refractivity contribution >= 4 is 23.2 Å². The van der Waals surface area contributed by atoms with Crippen LogP contribution in [-0.4, -0.2) is 53.4 Å². The first-order valence-corrected chi connectivity index (χ1v) is 8.58. The summed E-state index contributed by atoms with van der Waals surface area (Å²) in [4.78, 5) is 20.4. The Kier molecular flexibility index (Phi) is 5.96. The summed E-state index contributed by atoms with van der Waals surface area (Å²) in [6.45, 7) is 4.03. The van der Waals surface area contributed by atoms with Crippen LogP contribution in [0, 0.1) is 5.82 Å². The van der Waals surface area contributed by atoms with Crippen molar-refractivity contribution in [1.82, 2.24) is 14.8 Å². The summed E-state index contributed by atoms with van der Waals surface area (Å²) >= 11 is 5.94. The highest BCUT2D eigenvalue weighted by molar-refractivity contribution is 6.32. The number of pyridine rings is 1. The van der Waals surface area contributed by atoms with Gasteiger partial charge >= 0.3 is 0 Å². The first-order valence-electron chi connectivity index (χ1n) is 8.20. The van der Waals surface area contributed by atoms with Crippen LogP contribution in [0.4, 0.5) is 10.1 Å². The molecule has 132 valence electrons. The van der Waals surface area contributed by atoms with Gasteiger partial charge in [0.05, 0.1) is 12.2 Å². The minimum absolute atomic E-state index is 0.113. The van der Waals surface area contributed by atoms with Gasteiger partial charge in [-0.05, 0) is 18.2 Å². The average Bonchev–Trinajstić information content (AvgIpc) is 2.61. The van der Waals surface area contributed by atoms with Gasteiger partial charge in [0.25, 0.3) is 0 Å². The summed E-state index contributed by atoms with van der Waals surface area (Å²) in [6.07, 6.45) is 1.58. The predicted molar refractivity (Wildman–Crippen MR) is 96.0 cm³/mol. The number of anilines is 1. The number of nitrogens with one attached hydrogen (secondary N) is 1. The molecule has 2 heterocycles. The van der Waals surface area contributed by atoms with Gasteiger partial charge in [-0.3, -0.25) is 14.6 Å². The Labute approximate surface area is 151 Å². The first kappa shape index (κ1) is 17.8. The Morgan fingerprint density at radius 3 is 2.56 bits per heavy atom. The van der Waals surface area contributed by atoms with Crippen LogP contribution in [0.3, 0.4) is 0 Å². The van der Waals surface area contributed by atoms with E-state index in [4.69, 9.17) is 11.6 Å². The standard InChI is InChI=1S/C18H20ClFN4O/c19-18-16(6-3-7-21-18)22-17(25)13-24-10-8-23(9-11-24)12-14-4-1-2-5-15(14)20/h1-7H,8-13H2,(H,22,25). The fraction of sp³-hybridized carbons (Fsp3) is 0.333. The molecule has 7 heteroatoms. The van der Waals surface area contributed by atoms with Crippen molar-refractivity contribution in [3.05, 3.63) is 59.1 Å². The lowest BCUT2D eigenvalue weighted by Gasteiger charge is -2.34. The molecule has 0 unspecified atom stereocenters. The number of nitrogens with zero attached hydrogens (tertiary/aromatic N) is 3. The molecule has 1 aromatic heterocycles. The van der Waals surface area contributed by atoms with E-state index in [2.05, 4.69) is 20.1 Å². The number of rotatable bonds is 5. The minimum Gasteiger partial charge on any atom is -0.322 e. The van der Waals surface area contributed by atoms with Gasteiger partial charge in [-0.1, -0.05) is 29.8 Å². The SMILES string of the molecule is O=C(CN1CCN(Cc2ccccc2F)CC1)Nc1cccnc1Cl. The van der Waals surface area contributed by atoms with E-state index in [1.807, 2.05) is 12.1 Å². The second-order valence-corrected chi connectivity index (χ2v) is 6.39. The largest absolute Gasteiger partial charge is 0.322 e. The third-order valence-corrected chi connectivity index (χ3v) is 4.52. The van der Waals surface area contributed by atoms with Crippen molar-refractivity contribution < 1.29 is 9.18 Å². The summed E-state index contributed by atoms with van der Waals surface area (Å²) in [7, 11) is 0. The molecule has 1 amide bonds. The lowest BCUT2D eigenvalue weighted by Crippen LogP contribution is -2.48. The van der Waals surface area contributed by atoms with Gasteiger partial charge in [0.15, 0.2) is 5.15 Å². The smallest absolute Gasteiger partial charge is 0.238 e. The van der Waals surface area contributed by atoms with E-state index < -0.39 is 0 Å². The number of halogens is 2. The van der Waals surface area contributed by atoms with Gasteiger partial charge in [-0.2, -0.15) is 0 Å². The summed E-state index contributed by atoms with van der Waals surface area (Å²) in [5.74, 6) is -0.282. The van der Waals surface area contributed by atoms with E-state index >= 15 is 0 Å². The second kappa shape index (κ2) is 8.38. The molecule has 1 N–H and O–H groups in total. The Morgan fingerprint density at radius 2 is 1.84 bits per heavy atom. The molecule has 2 aromatic rings. The lowest BCUT2D eigenvalue weighted by molar-refractivity contribution is -0.117. The van der Waals surface area contributed by atoms with Crippen molar-refractivity contribution in [3.63, 3.8) is 0 Å². The quantitative estimate of drug-likeness (QED) is 0.831. The maximum atomic E-state index is 13.7. The second-order valence-electron chi connectivity index (χ2n) is 6.03. The topological polar surface area (TPSA) is 48.5 Å². The third kappa shape index (κ3) is 4.98. The highest BCUT2D eigenvalue weighted by atomic mass is 35.5. The number of benzene rings is 1. The Bertz CT molecular complexity index is 735. The molecule has 1 aliphatic rings. The van der Waals surface area contributed by atoms with Crippen molar-refractivity contribution in [3.8, 4) is 0 Å². The van der Waals surface area contributed by atoms with Crippen LogP contribution in [0.1, 0.15) is 5.56 Å². The molecule has 0 radical (unpaired) electrons. The molecule has 0 spiro atoms. The molecule has 0 atom stereocenters. The molecule has 5 nitrogen and oxygen atoms in total. The fourth-order valence-corrected chi connectivity index (χ4v) is 3.01. The van der Waals surface area contributed by atoms with Crippen molar-refractivity contribution in [2.75, 3.05) is 38.0 Å². The van der Waals surface area contributed by atoms with Crippen LogP contribution in [0.2, 0.25) is 5.15 Å². The third-order valence-electron chi connectivity index (χ3n) is 4.22. The van der Waals surface area contributed by atoms with Crippen LogP contribution < -0.4 is 5.32 Å². The highest BCUT2D eigenvalue weighted by Gasteiger charge is 2.20. The Hall–Kier alpha value is -2.02. The number of amides is 1. The van der Waals surface area contributed by atoms with Gasteiger partial charge < -0.3 is 5.32 Å². The molecule has 0 bridgehead atoms. The van der Waals surface area contributed by atoms with E-state index in [0.717, 1.165) is 26.2 Å². The molecule has 25 heavy (non-hydrogen) atoms. The van der Waals surface area contributed by atoms with Crippen LogP contribution in [0.5, 0.6) is 0 Å². The number of hydrogen-bond donors (Lipinski definition) is 1. The normalized spacial score (nSPS) is 15.9. The number of piperazine rings is 1. The Balaban J connectivity index is 1.45. The molecule has 3 rings (SSSR count). The van der Waals surface area contributed by atoms with Crippen LogP contribution in [0.25, 0.3) is 0 Å². The predicted octanol–water partition coefficient (Wildman–Crippen LogP) is 2.63. The van der Waals surface area contributed by atoms with Gasteiger partial charge in [0, 0.05) is 44.5 Å². The fourth-order valence-electron chi connectivity index (χ4n) is 2.85. The number of hydrogen-bond acceptors (Lipinski definition) is 4. The van der Waals surface area contributed by atoms with Gasteiger partial charge in [-0.15, -0.1) is 0 Å². The molecule has 1 saturated heterocycles. The number of carbonyl (C=O) groups is 1. The van der Waals surface area contributed by atoms with Crippen LogP contribution in [0.15, 0.2) is 42.6 Å². The van der Waals surface area contributed by atoms with E-state index in [-0.39, 0.29) is 16.9 Å². The monoisotopic (exact) mass is 362 g/mol. The van der Waals surface area contributed by atoms with E-state index in [9.17, 15) is 9.18 Å². The van der Waals surface area contributed by atoms with Crippen molar-refractivity contribution in [2.45, 2.75) is 6.54 Å². The summed E-state index contributed by atoms with van der Waals surface area (Å²) in [5, 5.41) is 3.06. The zero-order chi connectivity index (χ0) is 17.6. The molecule has 1 aliphatic heterocycles. The van der Waals surface area contributed by atoms with Crippen molar-refractivity contribution in [2.24, 2.45) is 0 Å². The molecule has 0 aliphatic carbocycles. The summed E-state index contributed by atoms with van der Waals surface area (Å²) < 4.78 is 13.7. The summed E-state index contributed by atoms with van der Waals surface area (Å²) in [5.41, 5.74) is 1.23. The maximum absolute atomic E-state index is 13.7. The molecular weight excluding hydrogens is 343 g/mol. The first-order chi connectivity index (χ1) is 12.1.